The van der Waals surface area contributed by atoms with Crippen molar-refractivity contribution in [3.63, 3.8) is 0 Å². The first-order valence-corrected chi connectivity index (χ1v) is 7.58. The van der Waals surface area contributed by atoms with Crippen LogP contribution in [-0.2, 0) is 0 Å². The molecule has 3 N–H and O–H groups in total. The van der Waals surface area contributed by atoms with Gasteiger partial charge in [0.05, 0.1) is 38.0 Å². The Balaban J connectivity index is 2.20. The number of carbonyl (C=O) groups excluding carboxylic acids is 1. The molecule has 1 amide bonds. The molecule has 0 unspecified atom stereocenters. The average Bonchev–Trinajstić information content (AvgIpc) is 2.66. The summed E-state index contributed by atoms with van der Waals surface area (Å²) in [6, 6.07) is 6.87. The number of hydrazone groups is 1. The van der Waals surface area contributed by atoms with Crippen molar-refractivity contribution in [1.82, 2.24) is 5.43 Å². The van der Waals surface area contributed by atoms with Crippen LogP contribution >= 0.6 is 0 Å². The second-order valence-electron chi connectivity index (χ2n) is 5.23. The highest BCUT2D eigenvalue weighted by atomic mass is 16.6. The SMILES string of the molecule is COc1cc(/C=N/NC(=O)c2cc(N)cc([N+](=O)[O-])c2)cc(OC)c1OC. The lowest BCUT2D eigenvalue weighted by Gasteiger charge is -2.12. The van der Waals surface area contributed by atoms with Gasteiger partial charge in [-0.15, -0.1) is 0 Å². The Morgan fingerprint density at radius 3 is 2.26 bits per heavy atom. The summed E-state index contributed by atoms with van der Waals surface area (Å²) >= 11 is 0. The lowest BCUT2D eigenvalue weighted by molar-refractivity contribution is -0.384. The molecule has 142 valence electrons. The Bertz CT molecular complexity index is 872. The van der Waals surface area contributed by atoms with Crippen LogP contribution in [0.3, 0.4) is 0 Å². The van der Waals surface area contributed by atoms with Gasteiger partial charge in [-0.05, 0) is 18.2 Å². The molecule has 2 rings (SSSR count). The van der Waals surface area contributed by atoms with Gasteiger partial charge in [-0.1, -0.05) is 0 Å². The van der Waals surface area contributed by atoms with Crippen molar-refractivity contribution in [2.24, 2.45) is 5.10 Å². The van der Waals surface area contributed by atoms with Gasteiger partial charge in [-0.2, -0.15) is 5.10 Å². The van der Waals surface area contributed by atoms with Crippen molar-refractivity contribution in [3.05, 3.63) is 51.6 Å². The molecule has 0 saturated carbocycles. The van der Waals surface area contributed by atoms with E-state index in [0.717, 1.165) is 12.1 Å². The van der Waals surface area contributed by atoms with E-state index in [1.165, 1.54) is 33.6 Å². The monoisotopic (exact) mass is 374 g/mol. The third-order valence-corrected chi connectivity index (χ3v) is 3.48. The van der Waals surface area contributed by atoms with E-state index in [2.05, 4.69) is 10.5 Å². The maximum Gasteiger partial charge on any atom is 0.272 e. The second kappa shape index (κ2) is 8.52. The molecular weight excluding hydrogens is 356 g/mol. The van der Waals surface area contributed by atoms with Gasteiger partial charge in [0.2, 0.25) is 5.75 Å². The van der Waals surface area contributed by atoms with Crippen LogP contribution in [0.4, 0.5) is 11.4 Å². The van der Waals surface area contributed by atoms with Crippen molar-refractivity contribution in [2.75, 3.05) is 27.1 Å². The molecule has 0 aliphatic heterocycles. The first-order valence-electron chi connectivity index (χ1n) is 7.58. The number of nitrogens with one attached hydrogen (secondary N) is 1. The summed E-state index contributed by atoms with van der Waals surface area (Å²) in [5, 5.41) is 14.7. The first-order chi connectivity index (χ1) is 12.9. The van der Waals surface area contributed by atoms with Gasteiger partial charge < -0.3 is 19.9 Å². The Morgan fingerprint density at radius 2 is 1.74 bits per heavy atom. The number of nitrogens with two attached hydrogens (primary N) is 1. The molecule has 10 nitrogen and oxygen atoms in total. The third kappa shape index (κ3) is 4.63. The largest absolute Gasteiger partial charge is 0.493 e. The number of ether oxygens (including phenoxy) is 3. The number of nitro benzene ring substituents is 1. The van der Waals surface area contributed by atoms with E-state index in [4.69, 9.17) is 19.9 Å². The fourth-order valence-corrected chi connectivity index (χ4v) is 2.28. The maximum atomic E-state index is 12.1. The summed E-state index contributed by atoms with van der Waals surface area (Å²) in [5.74, 6) is 0.634. The molecule has 10 heteroatoms. The standard InChI is InChI=1S/C17H18N4O6/c1-25-14-4-10(5-15(26-2)16(14)27-3)9-19-20-17(22)11-6-12(18)8-13(7-11)21(23)24/h4-9H,18H2,1-3H3,(H,20,22)/b19-9+. The highest BCUT2D eigenvalue weighted by molar-refractivity contribution is 5.96. The number of anilines is 1. The quantitative estimate of drug-likeness (QED) is 0.327. The van der Waals surface area contributed by atoms with Crippen LogP contribution < -0.4 is 25.4 Å². The number of carbonyl (C=O) groups is 1. The Labute approximate surface area is 154 Å². The van der Waals surface area contributed by atoms with Crippen LogP contribution in [0.2, 0.25) is 0 Å². The van der Waals surface area contributed by atoms with Crippen LogP contribution in [0, 0.1) is 10.1 Å². The number of methoxy groups -OCH3 is 3. The number of hydrogen-bond acceptors (Lipinski definition) is 8. The van der Waals surface area contributed by atoms with E-state index in [1.54, 1.807) is 12.1 Å². The van der Waals surface area contributed by atoms with Crippen molar-refractivity contribution >= 4 is 23.5 Å². The zero-order valence-corrected chi connectivity index (χ0v) is 14.9. The maximum absolute atomic E-state index is 12.1. The van der Waals surface area contributed by atoms with Crippen LogP contribution in [0.15, 0.2) is 35.4 Å². The van der Waals surface area contributed by atoms with Crippen molar-refractivity contribution in [2.45, 2.75) is 0 Å². The fourth-order valence-electron chi connectivity index (χ4n) is 2.28. The Hall–Kier alpha value is -3.82. The van der Waals surface area contributed by atoms with Crippen molar-refractivity contribution in [3.8, 4) is 17.2 Å². The number of non-ortho nitro benzene ring substituents is 1. The molecule has 0 atom stereocenters. The molecule has 0 spiro atoms. The molecule has 0 radical (unpaired) electrons. The number of amides is 1. The molecule has 0 heterocycles. The summed E-state index contributed by atoms with van der Waals surface area (Å²) < 4.78 is 15.7. The average molecular weight is 374 g/mol. The minimum Gasteiger partial charge on any atom is -0.493 e. The van der Waals surface area contributed by atoms with Gasteiger partial charge >= 0.3 is 0 Å². The van der Waals surface area contributed by atoms with Crippen LogP contribution in [-0.4, -0.2) is 38.4 Å². The van der Waals surface area contributed by atoms with Crippen LogP contribution in [0.1, 0.15) is 15.9 Å². The van der Waals surface area contributed by atoms with Crippen molar-refractivity contribution < 1.29 is 23.9 Å². The minimum absolute atomic E-state index is 0.0174. The predicted octanol–water partition coefficient (Wildman–Crippen LogP) is 1.97. The zero-order valence-electron chi connectivity index (χ0n) is 14.9. The first kappa shape index (κ1) is 19.5. The van der Waals surface area contributed by atoms with E-state index in [0.29, 0.717) is 22.8 Å². The molecule has 0 saturated heterocycles. The highest BCUT2D eigenvalue weighted by Gasteiger charge is 2.14. The summed E-state index contributed by atoms with van der Waals surface area (Å²) in [7, 11) is 4.44. The highest BCUT2D eigenvalue weighted by Crippen LogP contribution is 2.37. The molecule has 0 aliphatic rings. The van der Waals surface area contributed by atoms with Gasteiger partial charge in [-0.3, -0.25) is 14.9 Å². The molecule has 0 aromatic heterocycles. The lowest BCUT2D eigenvalue weighted by atomic mass is 10.1. The predicted molar refractivity (Wildman–Crippen MR) is 98.7 cm³/mol. The molecular formula is C17H18N4O6. The number of rotatable bonds is 7. The van der Waals surface area contributed by atoms with Gasteiger partial charge in [-0.25, -0.2) is 5.43 Å². The molecule has 27 heavy (non-hydrogen) atoms. The van der Waals surface area contributed by atoms with E-state index >= 15 is 0 Å². The van der Waals surface area contributed by atoms with Crippen LogP contribution in [0.5, 0.6) is 17.2 Å². The Morgan fingerprint density at radius 1 is 1.11 bits per heavy atom. The van der Waals surface area contributed by atoms with Crippen LogP contribution in [0.25, 0.3) is 0 Å². The van der Waals surface area contributed by atoms with Gasteiger partial charge in [0.15, 0.2) is 11.5 Å². The van der Waals surface area contributed by atoms with Gasteiger partial charge in [0, 0.05) is 23.4 Å². The number of benzene rings is 2. The number of nitro groups is 1. The minimum atomic E-state index is -0.644. The Kier molecular flexibility index (Phi) is 6.15. The summed E-state index contributed by atoms with van der Waals surface area (Å²) in [6.07, 6.45) is 1.36. The summed E-state index contributed by atoms with van der Waals surface area (Å²) in [5.41, 5.74) is 8.27. The van der Waals surface area contributed by atoms with Gasteiger partial charge in [0.25, 0.3) is 11.6 Å². The second-order valence-corrected chi connectivity index (χ2v) is 5.23. The smallest absolute Gasteiger partial charge is 0.272 e. The number of nitrogen functional groups attached to an aromatic ring is 1. The molecule has 2 aromatic rings. The summed E-state index contributed by atoms with van der Waals surface area (Å²) in [6.45, 7) is 0. The normalized spacial score (nSPS) is 10.5. The lowest BCUT2D eigenvalue weighted by Crippen LogP contribution is -2.18. The van der Waals surface area contributed by atoms with E-state index in [-0.39, 0.29) is 16.9 Å². The molecule has 0 bridgehead atoms. The molecule has 0 fully saturated rings. The zero-order chi connectivity index (χ0) is 20.0. The van der Waals surface area contributed by atoms with Gasteiger partial charge in [0.1, 0.15) is 0 Å². The topological polar surface area (TPSA) is 138 Å². The number of hydrogen-bond donors (Lipinski definition) is 2. The molecule has 0 aliphatic carbocycles. The van der Waals surface area contributed by atoms with E-state index < -0.39 is 10.8 Å². The third-order valence-electron chi connectivity index (χ3n) is 3.48. The number of nitrogens with zero attached hydrogens (tertiary/aromatic N) is 2. The summed E-state index contributed by atoms with van der Waals surface area (Å²) in [4.78, 5) is 22.4. The van der Waals surface area contributed by atoms with E-state index in [9.17, 15) is 14.9 Å². The fraction of sp³-hybridized carbons (Fsp3) is 0.176. The molecule has 2 aromatic carbocycles. The van der Waals surface area contributed by atoms with Crippen molar-refractivity contribution in [1.29, 1.82) is 0 Å². The van der Waals surface area contributed by atoms with E-state index in [1.807, 2.05) is 0 Å².